The molecule has 4 heteroatoms. The molecule has 0 saturated heterocycles. The Morgan fingerprint density at radius 1 is 1.20 bits per heavy atom. The lowest BCUT2D eigenvalue weighted by Crippen LogP contribution is -2.21. The monoisotopic (exact) mass is 281 g/mol. The van der Waals surface area contributed by atoms with E-state index in [9.17, 15) is 0 Å². The van der Waals surface area contributed by atoms with Crippen molar-refractivity contribution in [2.24, 2.45) is 5.92 Å². The fourth-order valence-electron chi connectivity index (χ4n) is 2.15. The second-order valence-electron chi connectivity index (χ2n) is 5.21. The second kappa shape index (κ2) is 8.82. The van der Waals surface area contributed by atoms with Gasteiger partial charge in [0, 0.05) is 24.3 Å². The third kappa shape index (κ3) is 5.02. The zero-order valence-electron chi connectivity index (χ0n) is 13.0. The molecule has 0 aromatic heterocycles. The first-order valence-electron chi connectivity index (χ1n) is 7.18. The van der Waals surface area contributed by atoms with Crippen LogP contribution in [0.4, 0.5) is 0 Å². The maximum absolute atomic E-state index is 8.99. The van der Waals surface area contributed by atoms with Gasteiger partial charge in [-0.05, 0) is 38.3 Å². The van der Waals surface area contributed by atoms with Crippen molar-refractivity contribution in [1.82, 2.24) is 5.32 Å². The van der Waals surface area contributed by atoms with Gasteiger partial charge in [-0.25, -0.2) is 0 Å². The number of hydrogen-bond donors (Lipinski definition) is 2. The number of ether oxygens (including phenoxy) is 2. The smallest absolute Gasteiger partial charge is 0.127 e. The van der Waals surface area contributed by atoms with Crippen molar-refractivity contribution in [3.05, 3.63) is 23.8 Å². The third-order valence-corrected chi connectivity index (χ3v) is 3.54. The van der Waals surface area contributed by atoms with E-state index in [0.717, 1.165) is 36.4 Å². The number of hydrogen-bond acceptors (Lipinski definition) is 4. The van der Waals surface area contributed by atoms with Crippen molar-refractivity contribution in [2.45, 2.75) is 32.7 Å². The highest BCUT2D eigenvalue weighted by atomic mass is 16.5. The average molecular weight is 281 g/mol. The van der Waals surface area contributed by atoms with E-state index < -0.39 is 0 Å². The Hall–Kier alpha value is -1.26. The van der Waals surface area contributed by atoms with Gasteiger partial charge in [-0.15, -0.1) is 0 Å². The summed E-state index contributed by atoms with van der Waals surface area (Å²) in [4.78, 5) is 0. The summed E-state index contributed by atoms with van der Waals surface area (Å²) in [6.07, 6.45) is 2.10. The van der Waals surface area contributed by atoms with Crippen LogP contribution in [0, 0.1) is 5.92 Å². The fourth-order valence-corrected chi connectivity index (χ4v) is 2.15. The highest BCUT2D eigenvalue weighted by Gasteiger charge is 2.12. The van der Waals surface area contributed by atoms with Gasteiger partial charge >= 0.3 is 0 Å². The molecule has 0 spiro atoms. The van der Waals surface area contributed by atoms with Crippen LogP contribution in [0.1, 0.15) is 38.3 Å². The molecule has 0 aliphatic carbocycles. The first-order valence-corrected chi connectivity index (χ1v) is 7.18. The lowest BCUT2D eigenvalue weighted by molar-refractivity contribution is 0.227. The first-order chi connectivity index (χ1) is 9.62. The Morgan fingerprint density at radius 3 is 2.55 bits per heavy atom. The summed E-state index contributed by atoms with van der Waals surface area (Å²) < 4.78 is 10.6. The van der Waals surface area contributed by atoms with E-state index in [2.05, 4.69) is 19.2 Å². The first kappa shape index (κ1) is 16.8. The van der Waals surface area contributed by atoms with Crippen LogP contribution in [0.2, 0.25) is 0 Å². The van der Waals surface area contributed by atoms with Gasteiger partial charge in [0.1, 0.15) is 11.5 Å². The highest BCUT2D eigenvalue weighted by Crippen LogP contribution is 2.29. The quantitative estimate of drug-likeness (QED) is 0.683. The summed E-state index contributed by atoms with van der Waals surface area (Å²) in [6, 6.07) is 6.11. The van der Waals surface area contributed by atoms with E-state index in [-0.39, 0.29) is 12.6 Å². The number of aliphatic hydroxyl groups is 1. The van der Waals surface area contributed by atoms with Gasteiger partial charge in [0.25, 0.3) is 0 Å². The number of benzene rings is 1. The van der Waals surface area contributed by atoms with Crippen LogP contribution in [0.25, 0.3) is 0 Å². The molecule has 1 aromatic rings. The lowest BCUT2D eigenvalue weighted by Gasteiger charge is -2.18. The normalized spacial score (nSPS) is 13.8. The minimum absolute atomic E-state index is 0.222. The Kier molecular flexibility index (Phi) is 7.41. The molecule has 1 aromatic carbocycles. The Labute approximate surface area is 122 Å². The summed E-state index contributed by atoms with van der Waals surface area (Å²) in [5, 5.41) is 12.5. The largest absolute Gasteiger partial charge is 0.497 e. The minimum Gasteiger partial charge on any atom is -0.497 e. The number of methoxy groups -OCH3 is 2. The second-order valence-corrected chi connectivity index (χ2v) is 5.21. The van der Waals surface area contributed by atoms with Crippen LogP contribution in [-0.4, -0.2) is 32.5 Å². The van der Waals surface area contributed by atoms with Crippen molar-refractivity contribution in [2.75, 3.05) is 27.4 Å². The van der Waals surface area contributed by atoms with Gasteiger partial charge in [0.2, 0.25) is 0 Å². The molecule has 1 rings (SSSR count). The molecule has 0 bridgehead atoms. The molecular formula is C16H27NO3. The molecule has 2 atom stereocenters. The molecule has 0 radical (unpaired) electrons. The van der Waals surface area contributed by atoms with E-state index in [1.807, 2.05) is 18.2 Å². The molecule has 2 unspecified atom stereocenters. The molecule has 0 saturated carbocycles. The van der Waals surface area contributed by atoms with Crippen molar-refractivity contribution >= 4 is 0 Å². The Morgan fingerprint density at radius 2 is 1.95 bits per heavy atom. The van der Waals surface area contributed by atoms with E-state index in [1.54, 1.807) is 14.2 Å². The summed E-state index contributed by atoms with van der Waals surface area (Å²) >= 11 is 0. The van der Waals surface area contributed by atoms with Gasteiger partial charge < -0.3 is 19.9 Å². The zero-order chi connectivity index (χ0) is 15.0. The third-order valence-electron chi connectivity index (χ3n) is 3.54. The summed E-state index contributed by atoms with van der Waals surface area (Å²) in [7, 11) is 3.33. The van der Waals surface area contributed by atoms with Crippen LogP contribution < -0.4 is 14.8 Å². The van der Waals surface area contributed by atoms with Gasteiger partial charge in [-0.1, -0.05) is 13.0 Å². The molecule has 0 aliphatic rings. The Bertz CT molecular complexity index is 395. The molecule has 2 N–H and O–H groups in total. The topological polar surface area (TPSA) is 50.7 Å². The fraction of sp³-hybridized carbons (Fsp3) is 0.625. The van der Waals surface area contributed by atoms with E-state index in [0.29, 0.717) is 5.92 Å². The van der Waals surface area contributed by atoms with Crippen LogP contribution in [-0.2, 0) is 0 Å². The predicted molar refractivity (Wildman–Crippen MR) is 81.4 cm³/mol. The minimum atomic E-state index is 0.222. The maximum atomic E-state index is 8.99. The lowest BCUT2D eigenvalue weighted by atomic mass is 10.0. The summed E-state index contributed by atoms with van der Waals surface area (Å²) in [5.41, 5.74) is 1.13. The van der Waals surface area contributed by atoms with Crippen LogP contribution >= 0.6 is 0 Å². The van der Waals surface area contributed by atoms with Crippen LogP contribution in [0.15, 0.2) is 18.2 Å². The van der Waals surface area contributed by atoms with E-state index >= 15 is 0 Å². The summed E-state index contributed by atoms with van der Waals surface area (Å²) in [6.45, 7) is 5.39. The zero-order valence-corrected chi connectivity index (χ0v) is 13.0. The van der Waals surface area contributed by atoms with E-state index in [4.69, 9.17) is 14.6 Å². The number of rotatable bonds is 9. The molecule has 20 heavy (non-hydrogen) atoms. The predicted octanol–water partition coefficient (Wildman–Crippen LogP) is 2.76. The molecule has 4 nitrogen and oxygen atoms in total. The Balaban J connectivity index is 2.52. The number of nitrogens with one attached hydrogen (secondary N) is 1. The van der Waals surface area contributed by atoms with Crippen molar-refractivity contribution in [3.8, 4) is 11.5 Å². The molecule has 0 heterocycles. The molecule has 0 aliphatic heterocycles. The van der Waals surface area contributed by atoms with Crippen LogP contribution in [0.3, 0.4) is 0 Å². The maximum Gasteiger partial charge on any atom is 0.127 e. The highest BCUT2D eigenvalue weighted by molar-refractivity contribution is 5.42. The van der Waals surface area contributed by atoms with Crippen molar-refractivity contribution in [3.63, 3.8) is 0 Å². The molecule has 0 fully saturated rings. The standard InChI is InChI=1S/C16H27NO3/c1-12(11-18)6-5-9-17-13(2)15-8-7-14(19-3)10-16(15)20-4/h7-8,10,12-13,17-18H,5-6,9,11H2,1-4H3. The summed E-state index contributed by atoms with van der Waals surface area (Å²) in [5.74, 6) is 2.02. The SMILES string of the molecule is COc1ccc(C(C)NCCCC(C)CO)c(OC)c1. The van der Waals surface area contributed by atoms with Gasteiger partial charge in [0.15, 0.2) is 0 Å². The molecule has 114 valence electrons. The molecular weight excluding hydrogens is 254 g/mol. The van der Waals surface area contributed by atoms with Gasteiger partial charge in [-0.2, -0.15) is 0 Å². The van der Waals surface area contributed by atoms with Crippen molar-refractivity contribution in [1.29, 1.82) is 0 Å². The van der Waals surface area contributed by atoms with Gasteiger partial charge in [0.05, 0.1) is 14.2 Å². The average Bonchev–Trinajstić information content (AvgIpc) is 2.50. The van der Waals surface area contributed by atoms with Crippen LogP contribution in [0.5, 0.6) is 11.5 Å². The molecule has 0 amide bonds. The van der Waals surface area contributed by atoms with Crippen molar-refractivity contribution < 1.29 is 14.6 Å². The van der Waals surface area contributed by atoms with Gasteiger partial charge in [-0.3, -0.25) is 0 Å². The number of aliphatic hydroxyl groups excluding tert-OH is 1. The van der Waals surface area contributed by atoms with E-state index in [1.165, 1.54) is 0 Å².